The fraction of sp³-hybridized carbons (Fsp3) is 0.945. The second kappa shape index (κ2) is 62.6. The zero-order valence-electron chi connectivity index (χ0n) is 60.2. The first-order valence-corrected chi connectivity index (χ1v) is 40.8. The van der Waals surface area contributed by atoms with Gasteiger partial charge >= 0.3 is 39.5 Å². The van der Waals surface area contributed by atoms with Gasteiger partial charge in [-0.25, -0.2) is 9.13 Å². The minimum atomic E-state index is -4.95. The summed E-state index contributed by atoms with van der Waals surface area (Å²) in [5, 5.41) is 10.6. The van der Waals surface area contributed by atoms with Gasteiger partial charge in [0.15, 0.2) is 12.2 Å². The van der Waals surface area contributed by atoms with E-state index in [9.17, 15) is 43.2 Å². The van der Waals surface area contributed by atoms with Crippen LogP contribution in [0.4, 0.5) is 0 Å². The summed E-state index contributed by atoms with van der Waals surface area (Å²) in [4.78, 5) is 72.6. The Morgan fingerprint density at radius 2 is 0.522 bits per heavy atom. The number of aliphatic hydroxyl groups is 1. The minimum Gasteiger partial charge on any atom is -0.462 e. The summed E-state index contributed by atoms with van der Waals surface area (Å²) < 4.78 is 68.3. The molecule has 0 saturated heterocycles. The van der Waals surface area contributed by atoms with Crippen LogP contribution in [0.25, 0.3) is 0 Å². The smallest absolute Gasteiger partial charge is 0.462 e. The quantitative estimate of drug-likeness (QED) is 0.0222. The lowest BCUT2D eigenvalue weighted by atomic mass is 10.00. The average molecular weight is 1350 g/mol. The molecule has 0 aromatic rings. The van der Waals surface area contributed by atoms with Gasteiger partial charge in [0.25, 0.3) is 0 Å². The lowest BCUT2D eigenvalue weighted by Gasteiger charge is -2.21. The average Bonchev–Trinajstić information content (AvgIpc) is 1.63. The van der Waals surface area contributed by atoms with E-state index in [1.165, 1.54) is 154 Å². The van der Waals surface area contributed by atoms with Gasteiger partial charge in [-0.3, -0.25) is 37.3 Å². The molecule has 0 spiro atoms. The lowest BCUT2D eigenvalue weighted by molar-refractivity contribution is -0.161. The van der Waals surface area contributed by atoms with Crippen molar-refractivity contribution in [1.82, 2.24) is 0 Å². The van der Waals surface area contributed by atoms with E-state index in [4.69, 9.17) is 37.0 Å². The summed E-state index contributed by atoms with van der Waals surface area (Å²) in [6.45, 7) is 14.1. The van der Waals surface area contributed by atoms with Crippen LogP contribution in [0.15, 0.2) is 0 Å². The highest BCUT2D eigenvalue weighted by Gasteiger charge is 2.30. The Morgan fingerprint density at radius 3 is 0.772 bits per heavy atom. The summed E-state index contributed by atoms with van der Waals surface area (Å²) in [6, 6.07) is 0. The fourth-order valence-electron chi connectivity index (χ4n) is 11.0. The predicted octanol–water partition coefficient (Wildman–Crippen LogP) is 20.9. The summed E-state index contributed by atoms with van der Waals surface area (Å²) in [7, 11) is -9.91. The van der Waals surface area contributed by atoms with Crippen LogP contribution in [0, 0.1) is 23.7 Å². The third-order valence-electron chi connectivity index (χ3n) is 17.5. The SMILES string of the molecule is CCC(C)CCCCCCCCC(=O)OC[C@H](COP(=O)(O)OC[C@H](O)COP(=O)(O)OC[C@@H](COC(=O)CCCCCCCCC(C)CC)OC(=O)CCCCCCCCCCC(C)C)OC(=O)CCCCCCCCCCCCCCCCCCCCC(C)C. The molecule has 92 heavy (non-hydrogen) atoms. The van der Waals surface area contributed by atoms with Crippen LogP contribution < -0.4 is 0 Å². The van der Waals surface area contributed by atoms with Gasteiger partial charge in [-0.2, -0.15) is 0 Å². The molecular formula is C73H142O17P2. The molecule has 0 saturated carbocycles. The van der Waals surface area contributed by atoms with Crippen LogP contribution in [-0.2, 0) is 65.4 Å². The number of hydrogen-bond donors (Lipinski definition) is 3. The second-order valence-electron chi connectivity index (χ2n) is 27.8. The number of rotatable bonds is 70. The molecule has 0 amide bonds. The number of unbranched alkanes of at least 4 members (excludes halogenated alkanes) is 34. The molecule has 7 atom stereocenters. The molecule has 4 unspecified atom stereocenters. The molecule has 0 fully saturated rings. The predicted molar refractivity (Wildman–Crippen MR) is 372 cm³/mol. The molecule has 0 aromatic carbocycles. The number of esters is 4. The van der Waals surface area contributed by atoms with Crippen LogP contribution in [0.3, 0.4) is 0 Å². The number of carbonyl (C=O) groups is 4. The molecule has 0 aromatic heterocycles. The molecule has 546 valence electrons. The maximum Gasteiger partial charge on any atom is 0.472 e. The summed E-state index contributed by atoms with van der Waals surface area (Å²) in [5.41, 5.74) is 0. The molecule has 0 aliphatic rings. The molecule has 0 bridgehead atoms. The highest BCUT2D eigenvalue weighted by Crippen LogP contribution is 2.45. The monoisotopic (exact) mass is 1350 g/mol. The third-order valence-corrected chi connectivity index (χ3v) is 19.4. The highest BCUT2D eigenvalue weighted by molar-refractivity contribution is 7.47. The summed E-state index contributed by atoms with van der Waals surface area (Å²) in [6.07, 6.45) is 46.1. The van der Waals surface area contributed by atoms with Crippen LogP contribution in [0.1, 0.15) is 364 Å². The third kappa shape index (κ3) is 64.1. The Hall–Kier alpha value is -1.94. The molecule has 19 heteroatoms. The van der Waals surface area contributed by atoms with Crippen molar-refractivity contribution in [2.24, 2.45) is 23.7 Å². The van der Waals surface area contributed by atoms with Gasteiger partial charge in [-0.1, -0.05) is 312 Å². The van der Waals surface area contributed by atoms with Gasteiger partial charge in [0.05, 0.1) is 26.4 Å². The fourth-order valence-corrected chi connectivity index (χ4v) is 12.5. The van der Waals surface area contributed by atoms with Gasteiger partial charge in [0.2, 0.25) is 0 Å². The van der Waals surface area contributed by atoms with Crippen molar-refractivity contribution in [2.75, 3.05) is 39.6 Å². The second-order valence-corrected chi connectivity index (χ2v) is 30.7. The standard InChI is InChI=1S/C73H142O17P2/c1-9-65(7)51-43-35-29-31-37-45-53-70(75)83-59-68(89-72(77)55-47-39-27-22-20-18-16-14-12-11-13-15-17-19-21-25-33-41-49-63(3)4)61-87-91(79,80)85-57-67(74)58-86-92(81,82)88-62-69(60-84-71(76)54-46-38-32-30-36-44-52-66(8)10-2)90-73(78)56-48-40-28-24-23-26-34-42-50-64(5)6/h63-69,74H,9-62H2,1-8H3,(H,79,80)(H,81,82)/t65?,66?,67-,68+,69+/m0/s1. The molecule has 17 nitrogen and oxygen atoms in total. The zero-order valence-corrected chi connectivity index (χ0v) is 62.0. The molecule has 0 heterocycles. The molecular weight excluding hydrogens is 1210 g/mol. The minimum absolute atomic E-state index is 0.103. The van der Waals surface area contributed by atoms with Gasteiger partial charge in [0.1, 0.15) is 19.3 Å². The molecule has 0 aliphatic carbocycles. The summed E-state index contributed by atoms with van der Waals surface area (Å²) >= 11 is 0. The maximum absolute atomic E-state index is 13.0. The van der Waals surface area contributed by atoms with Crippen LogP contribution >= 0.6 is 15.6 Å². The van der Waals surface area contributed by atoms with E-state index in [2.05, 4.69) is 55.4 Å². The first-order valence-electron chi connectivity index (χ1n) is 37.8. The number of carbonyl (C=O) groups excluding carboxylic acids is 4. The lowest BCUT2D eigenvalue weighted by Crippen LogP contribution is -2.30. The van der Waals surface area contributed by atoms with Crippen LogP contribution in [-0.4, -0.2) is 96.7 Å². The first kappa shape index (κ1) is 90.1. The van der Waals surface area contributed by atoms with Crippen molar-refractivity contribution in [3.05, 3.63) is 0 Å². The Kier molecular flexibility index (Phi) is 61.3. The van der Waals surface area contributed by atoms with Crippen molar-refractivity contribution >= 4 is 39.5 Å². The van der Waals surface area contributed by atoms with Gasteiger partial charge in [-0.15, -0.1) is 0 Å². The first-order chi connectivity index (χ1) is 44.2. The van der Waals surface area contributed by atoms with E-state index < -0.39 is 97.5 Å². The van der Waals surface area contributed by atoms with Crippen molar-refractivity contribution in [3.8, 4) is 0 Å². The van der Waals surface area contributed by atoms with E-state index in [-0.39, 0.29) is 25.7 Å². The molecule has 3 N–H and O–H groups in total. The maximum atomic E-state index is 13.0. The van der Waals surface area contributed by atoms with Crippen molar-refractivity contribution in [1.29, 1.82) is 0 Å². The largest absolute Gasteiger partial charge is 0.472 e. The Morgan fingerprint density at radius 1 is 0.304 bits per heavy atom. The van der Waals surface area contributed by atoms with Crippen LogP contribution in [0.5, 0.6) is 0 Å². The number of hydrogen-bond acceptors (Lipinski definition) is 15. The normalized spacial score (nSPS) is 14.8. The Labute approximate surface area is 562 Å². The van der Waals surface area contributed by atoms with Gasteiger partial charge in [-0.05, 0) is 49.4 Å². The zero-order chi connectivity index (χ0) is 68.2. The molecule has 0 rings (SSSR count). The van der Waals surface area contributed by atoms with Crippen molar-refractivity contribution in [2.45, 2.75) is 382 Å². The van der Waals surface area contributed by atoms with E-state index in [0.29, 0.717) is 25.7 Å². The Balaban J connectivity index is 5.18. The van der Waals surface area contributed by atoms with E-state index in [0.717, 1.165) is 126 Å². The van der Waals surface area contributed by atoms with E-state index in [1.54, 1.807) is 0 Å². The van der Waals surface area contributed by atoms with Crippen molar-refractivity contribution in [3.63, 3.8) is 0 Å². The molecule has 0 aliphatic heterocycles. The number of phosphoric ester groups is 2. The Bertz CT molecular complexity index is 1820. The topological polar surface area (TPSA) is 237 Å². The van der Waals surface area contributed by atoms with E-state index in [1.807, 2.05) is 0 Å². The number of aliphatic hydroxyl groups excluding tert-OH is 1. The molecule has 0 radical (unpaired) electrons. The summed E-state index contributed by atoms with van der Waals surface area (Å²) in [5.74, 6) is 0.870. The van der Waals surface area contributed by atoms with Crippen molar-refractivity contribution < 1.29 is 80.2 Å². The van der Waals surface area contributed by atoms with E-state index >= 15 is 0 Å². The van der Waals surface area contributed by atoms with Gasteiger partial charge < -0.3 is 33.8 Å². The highest BCUT2D eigenvalue weighted by atomic mass is 31.2. The van der Waals surface area contributed by atoms with Crippen LogP contribution in [0.2, 0.25) is 0 Å². The van der Waals surface area contributed by atoms with Gasteiger partial charge in [0, 0.05) is 25.7 Å². The number of ether oxygens (including phenoxy) is 4. The number of phosphoric acid groups is 2.